The number of aliphatic hydroxyl groups excluding tert-OH is 2. The molecule has 6 nitrogen and oxygen atoms in total. The first kappa shape index (κ1) is 68.6. The van der Waals surface area contributed by atoms with Crippen molar-refractivity contribution in [1.82, 2.24) is 0 Å². The summed E-state index contributed by atoms with van der Waals surface area (Å²) in [6.45, 7) is 1.21. The lowest BCUT2D eigenvalue weighted by Gasteiger charge is -2.27. The van der Waals surface area contributed by atoms with E-state index in [9.17, 15) is 19.8 Å². The van der Waals surface area contributed by atoms with Crippen LogP contribution in [0.25, 0.3) is 0 Å². The predicted octanol–water partition coefficient (Wildman–Crippen LogP) is 20.7. The molecule has 1 fully saturated rings. The lowest BCUT2D eigenvalue weighted by Crippen LogP contribution is -2.40. The number of hydrogen-bond donors (Lipinski definition) is 2. The maximum absolute atomic E-state index is 12.5. The van der Waals surface area contributed by atoms with Crippen molar-refractivity contribution in [2.24, 2.45) is 11.3 Å². The normalized spacial score (nSPS) is 15.2. The van der Waals surface area contributed by atoms with Gasteiger partial charge in [-0.25, -0.2) is 0 Å². The summed E-state index contributed by atoms with van der Waals surface area (Å²) >= 11 is 0. The molecule has 0 aromatic heterocycles. The summed E-state index contributed by atoms with van der Waals surface area (Å²) in [5.41, 5.74) is -1.12. The molecule has 0 spiro atoms. The predicted molar refractivity (Wildman–Crippen MR) is 311 cm³/mol. The fourth-order valence-corrected chi connectivity index (χ4v) is 10.9. The molecule has 0 saturated carbocycles. The molecule has 0 aromatic rings. The van der Waals surface area contributed by atoms with Gasteiger partial charge in [-0.05, 0) is 32.1 Å². The summed E-state index contributed by atoms with van der Waals surface area (Å²) in [5.74, 6) is -1.40. The number of esters is 2. The Balaban J connectivity index is 1.68. The van der Waals surface area contributed by atoms with Crippen LogP contribution in [0.1, 0.15) is 360 Å². The van der Waals surface area contributed by atoms with Gasteiger partial charge in [0.25, 0.3) is 0 Å². The van der Waals surface area contributed by atoms with Crippen molar-refractivity contribution in [2.45, 2.75) is 360 Å². The lowest BCUT2D eigenvalue weighted by molar-refractivity contribution is -0.155. The van der Waals surface area contributed by atoms with Crippen LogP contribution in [0.3, 0.4) is 0 Å². The second-order valence-electron chi connectivity index (χ2n) is 23.5. The highest BCUT2D eigenvalue weighted by molar-refractivity contribution is 5.80. The van der Waals surface area contributed by atoms with Crippen LogP contribution < -0.4 is 0 Å². The zero-order chi connectivity index (χ0) is 51.8. The molecule has 6 heteroatoms. The molecule has 1 unspecified atom stereocenters. The Kier molecular flexibility index (Phi) is 53.2. The van der Waals surface area contributed by atoms with Gasteiger partial charge in [0.1, 0.15) is 13.2 Å². The Morgan fingerprint density at radius 3 is 0.861 bits per heavy atom. The molecule has 0 radical (unpaired) electrons. The summed E-state index contributed by atoms with van der Waals surface area (Å²) in [6, 6.07) is 0. The third-order valence-corrected chi connectivity index (χ3v) is 16.3. The number of allylic oxidation sites excluding steroid dienone is 2. The van der Waals surface area contributed by atoms with E-state index in [1.807, 2.05) is 0 Å². The molecule has 1 heterocycles. The number of aliphatic hydroxyl groups is 2. The van der Waals surface area contributed by atoms with Crippen molar-refractivity contribution in [2.75, 3.05) is 26.4 Å². The first-order valence-corrected chi connectivity index (χ1v) is 32.8. The van der Waals surface area contributed by atoms with Crippen molar-refractivity contribution in [3.05, 3.63) is 12.2 Å². The summed E-state index contributed by atoms with van der Waals surface area (Å²) in [7, 11) is 0. The number of carbonyl (C=O) groups excluding carboxylic acids is 2. The number of unbranched alkanes of at least 4 members (excludes halogenated alkanes) is 51. The molecule has 1 aliphatic rings. The van der Waals surface area contributed by atoms with E-state index < -0.39 is 36.5 Å². The number of rotatable bonds is 57. The molecule has 0 aromatic carbocycles. The molecule has 1 atom stereocenters. The molecular formula is C66H126O6. The highest BCUT2D eigenvalue weighted by atomic mass is 16.6. The maximum atomic E-state index is 12.5. The molecule has 1 rings (SSSR count). The van der Waals surface area contributed by atoms with E-state index in [-0.39, 0.29) is 19.6 Å². The standard InChI is InChI=1S/C66H126O6/c1-2-3-4-5-6-7-8-9-10-11-12-13-14-15-16-17-18-19-20-21-22-23-24-25-26-27-28-29-30-31-32-33-34-35-36-37-38-39-40-41-42-43-44-45-46-47-48-49-50-51-52-53-54-55-56-57-63-58-64(69)71-61-66(59-67,60-68)62-72-65(63)70/h27-28,63,67-68H,2-26,29-62H2,1H3/b28-27+. The van der Waals surface area contributed by atoms with Crippen LogP contribution in [0, 0.1) is 11.3 Å². The number of hydrogen-bond acceptors (Lipinski definition) is 6. The molecule has 1 saturated heterocycles. The lowest BCUT2D eigenvalue weighted by atomic mass is 9.92. The van der Waals surface area contributed by atoms with Gasteiger partial charge < -0.3 is 19.7 Å². The third-order valence-electron chi connectivity index (χ3n) is 16.3. The van der Waals surface area contributed by atoms with Crippen molar-refractivity contribution in [1.29, 1.82) is 0 Å². The molecule has 1 aliphatic heterocycles. The SMILES string of the molecule is CCCCCCCCCCCCCCCCCCCCCCCCCC/C=C/CCCCCCCCCCCCCCCCCCCCCCCCCCCCCC1CC(=O)OCC(CO)(CO)COC1=O. The van der Waals surface area contributed by atoms with Gasteiger partial charge in [-0.3, -0.25) is 9.59 Å². The van der Waals surface area contributed by atoms with Crippen LogP contribution in [-0.2, 0) is 19.1 Å². The minimum atomic E-state index is -1.12. The van der Waals surface area contributed by atoms with E-state index in [1.54, 1.807) is 0 Å². The average molecular weight is 1020 g/mol. The van der Waals surface area contributed by atoms with E-state index >= 15 is 0 Å². The van der Waals surface area contributed by atoms with Crippen LogP contribution in [0.4, 0.5) is 0 Å². The van der Waals surface area contributed by atoms with Gasteiger partial charge in [-0.15, -0.1) is 0 Å². The van der Waals surface area contributed by atoms with Crippen molar-refractivity contribution in [3.8, 4) is 0 Å². The van der Waals surface area contributed by atoms with Crippen LogP contribution >= 0.6 is 0 Å². The van der Waals surface area contributed by atoms with E-state index in [0.717, 1.165) is 19.3 Å². The Bertz CT molecular complexity index is 1130. The zero-order valence-electron chi connectivity index (χ0n) is 48.5. The van der Waals surface area contributed by atoms with Crippen molar-refractivity contribution in [3.63, 3.8) is 0 Å². The summed E-state index contributed by atoms with van der Waals surface area (Å²) in [6.07, 6.45) is 80.1. The van der Waals surface area contributed by atoms with E-state index in [2.05, 4.69) is 19.1 Å². The summed E-state index contributed by atoms with van der Waals surface area (Å²) < 4.78 is 10.6. The summed E-state index contributed by atoms with van der Waals surface area (Å²) in [5, 5.41) is 19.2. The van der Waals surface area contributed by atoms with Gasteiger partial charge >= 0.3 is 11.9 Å². The Morgan fingerprint density at radius 2 is 0.597 bits per heavy atom. The molecule has 0 bridgehead atoms. The van der Waals surface area contributed by atoms with E-state index in [0.29, 0.717) is 6.42 Å². The van der Waals surface area contributed by atoms with E-state index in [4.69, 9.17) is 9.47 Å². The first-order chi connectivity index (χ1) is 35.6. The van der Waals surface area contributed by atoms with Crippen molar-refractivity contribution >= 4 is 11.9 Å². The Morgan fingerprint density at radius 1 is 0.361 bits per heavy atom. The van der Waals surface area contributed by atoms with Gasteiger partial charge in [0, 0.05) is 0 Å². The highest BCUT2D eigenvalue weighted by Gasteiger charge is 2.36. The Labute approximate surface area is 449 Å². The van der Waals surface area contributed by atoms with Crippen LogP contribution in [0.2, 0.25) is 0 Å². The van der Waals surface area contributed by atoms with Gasteiger partial charge in [0.05, 0.1) is 31.0 Å². The maximum Gasteiger partial charge on any atom is 0.309 e. The van der Waals surface area contributed by atoms with Crippen molar-refractivity contribution < 1.29 is 29.3 Å². The number of cyclic esters (lactones) is 2. The molecule has 0 amide bonds. The fraction of sp³-hybridized carbons (Fsp3) is 0.939. The van der Waals surface area contributed by atoms with Gasteiger partial charge in [0.15, 0.2) is 0 Å². The number of ether oxygens (including phenoxy) is 2. The fourth-order valence-electron chi connectivity index (χ4n) is 10.9. The second kappa shape index (κ2) is 55.8. The van der Waals surface area contributed by atoms with Crippen LogP contribution in [-0.4, -0.2) is 48.6 Å². The highest BCUT2D eigenvalue weighted by Crippen LogP contribution is 2.25. The topological polar surface area (TPSA) is 93.1 Å². The molecule has 0 aliphatic carbocycles. The monoisotopic (exact) mass is 1010 g/mol. The smallest absolute Gasteiger partial charge is 0.309 e. The minimum absolute atomic E-state index is 0.00463. The van der Waals surface area contributed by atoms with Gasteiger partial charge in [0.2, 0.25) is 0 Å². The second-order valence-corrected chi connectivity index (χ2v) is 23.5. The van der Waals surface area contributed by atoms with Gasteiger partial charge in [-0.1, -0.05) is 334 Å². The quantitative estimate of drug-likeness (QED) is 0.0358. The molecule has 2 N–H and O–H groups in total. The largest absolute Gasteiger partial charge is 0.465 e. The first-order valence-electron chi connectivity index (χ1n) is 32.8. The molecule has 72 heavy (non-hydrogen) atoms. The van der Waals surface area contributed by atoms with Gasteiger partial charge in [-0.2, -0.15) is 0 Å². The zero-order valence-corrected chi connectivity index (χ0v) is 48.5. The van der Waals surface area contributed by atoms with E-state index in [1.165, 1.54) is 321 Å². The average Bonchev–Trinajstić information content (AvgIpc) is 3.45. The van der Waals surface area contributed by atoms with Crippen LogP contribution in [0.15, 0.2) is 12.2 Å². The third kappa shape index (κ3) is 47.1. The molecular weight excluding hydrogens is 889 g/mol. The minimum Gasteiger partial charge on any atom is -0.465 e. The Hall–Kier alpha value is -1.40. The number of carbonyl (C=O) groups is 2. The van der Waals surface area contributed by atoms with Crippen LogP contribution in [0.5, 0.6) is 0 Å². The molecule has 426 valence electrons. The summed E-state index contributed by atoms with van der Waals surface area (Å²) in [4.78, 5) is 24.7.